The first-order valence-electron chi connectivity index (χ1n) is 4.89. The molecule has 1 saturated carbocycles. The molecular formula is C10H18F2O. The van der Waals surface area contributed by atoms with Gasteiger partial charge in [0.25, 0.3) is 5.92 Å². The van der Waals surface area contributed by atoms with Crippen LogP contribution in [0.2, 0.25) is 0 Å². The van der Waals surface area contributed by atoms with E-state index < -0.39 is 12.0 Å². The Hall–Kier alpha value is -0.180. The van der Waals surface area contributed by atoms with Crippen molar-refractivity contribution in [3.63, 3.8) is 0 Å². The average Bonchev–Trinajstić information content (AvgIpc) is 2.33. The molecule has 1 nitrogen and oxygen atoms in total. The second kappa shape index (κ2) is 3.52. The predicted octanol–water partition coefficient (Wildman–Crippen LogP) is 2.97. The molecule has 0 aromatic rings. The summed E-state index contributed by atoms with van der Waals surface area (Å²) in [6.07, 6.45) is 2.92. The molecule has 0 bridgehead atoms. The van der Waals surface area contributed by atoms with E-state index in [9.17, 15) is 13.9 Å². The van der Waals surface area contributed by atoms with E-state index in [2.05, 4.69) is 0 Å². The Morgan fingerprint density at radius 1 is 1.38 bits per heavy atom. The molecule has 0 saturated heterocycles. The number of hydrogen-bond acceptors (Lipinski definition) is 1. The molecule has 78 valence electrons. The van der Waals surface area contributed by atoms with E-state index in [0.717, 1.165) is 32.6 Å². The third kappa shape index (κ3) is 2.90. The summed E-state index contributed by atoms with van der Waals surface area (Å²) in [5.74, 6) is -2.95. The summed E-state index contributed by atoms with van der Waals surface area (Å²) in [7, 11) is 0. The van der Waals surface area contributed by atoms with E-state index in [1.165, 1.54) is 0 Å². The van der Waals surface area contributed by atoms with Crippen LogP contribution in [0.1, 0.15) is 46.0 Å². The summed E-state index contributed by atoms with van der Waals surface area (Å²) < 4.78 is 25.4. The highest BCUT2D eigenvalue weighted by molar-refractivity contribution is 4.86. The third-order valence-corrected chi connectivity index (χ3v) is 3.08. The Balaban J connectivity index is 2.48. The standard InChI is InChI=1S/C10H18F2O/c1-9(5-3-4-6-9)7-8(13)10(2,11)12/h8,13H,3-7H2,1-2H3. The van der Waals surface area contributed by atoms with Gasteiger partial charge in [-0.1, -0.05) is 19.8 Å². The smallest absolute Gasteiger partial charge is 0.270 e. The topological polar surface area (TPSA) is 20.2 Å². The molecule has 1 atom stereocenters. The molecule has 0 aromatic heterocycles. The van der Waals surface area contributed by atoms with Gasteiger partial charge in [0.15, 0.2) is 0 Å². The quantitative estimate of drug-likeness (QED) is 0.728. The van der Waals surface area contributed by atoms with Crippen LogP contribution in [0.4, 0.5) is 8.78 Å². The fourth-order valence-corrected chi connectivity index (χ4v) is 2.08. The lowest BCUT2D eigenvalue weighted by Gasteiger charge is -2.29. The molecule has 1 fully saturated rings. The maximum atomic E-state index is 12.7. The van der Waals surface area contributed by atoms with Gasteiger partial charge < -0.3 is 5.11 Å². The second-order valence-corrected chi connectivity index (χ2v) is 4.69. The SMILES string of the molecule is CC1(CC(O)C(C)(F)F)CCCC1. The number of hydrogen-bond donors (Lipinski definition) is 1. The van der Waals surface area contributed by atoms with Gasteiger partial charge in [-0.25, -0.2) is 8.78 Å². The van der Waals surface area contributed by atoms with Crippen molar-refractivity contribution < 1.29 is 13.9 Å². The molecule has 0 amide bonds. The van der Waals surface area contributed by atoms with Crippen molar-refractivity contribution in [2.45, 2.75) is 58.0 Å². The van der Waals surface area contributed by atoms with Crippen molar-refractivity contribution in [2.75, 3.05) is 0 Å². The average molecular weight is 192 g/mol. The minimum Gasteiger partial charge on any atom is -0.387 e. The van der Waals surface area contributed by atoms with Gasteiger partial charge in [0, 0.05) is 6.92 Å². The van der Waals surface area contributed by atoms with Crippen LogP contribution in [0.3, 0.4) is 0 Å². The van der Waals surface area contributed by atoms with Crippen LogP contribution in [-0.4, -0.2) is 17.1 Å². The first-order valence-corrected chi connectivity index (χ1v) is 4.89. The Bertz CT molecular complexity index is 168. The molecule has 1 rings (SSSR count). The normalized spacial score (nSPS) is 24.7. The van der Waals surface area contributed by atoms with Crippen LogP contribution in [0.15, 0.2) is 0 Å². The maximum absolute atomic E-state index is 12.7. The fraction of sp³-hybridized carbons (Fsp3) is 1.00. The molecule has 1 unspecified atom stereocenters. The molecule has 1 aliphatic rings. The van der Waals surface area contributed by atoms with Gasteiger partial charge in [-0.05, 0) is 24.7 Å². The zero-order valence-corrected chi connectivity index (χ0v) is 8.32. The first-order chi connectivity index (χ1) is 5.83. The molecule has 0 aliphatic heterocycles. The van der Waals surface area contributed by atoms with Crippen LogP contribution in [-0.2, 0) is 0 Å². The second-order valence-electron chi connectivity index (χ2n) is 4.69. The van der Waals surface area contributed by atoms with E-state index in [0.29, 0.717) is 0 Å². The lowest BCUT2D eigenvalue weighted by Crippen LogP contribution is -2.34. The van der Waals surface area contributed by atoms with Gasteiger partial charge in [0.2, 0.25) is 0 Å². The van der Waals surface area contributed by atoms with E-state index in [-0.39, 0.29) is 11.8 Å². The Morgan fingerprint density at radius 2 is 1.85 bits per heavy atom. The Kier molecular flexibility index (Phi) is 2.95. The molecular weight excluding hydrogens is 174 g/mol. The van der Waals surface area contributed by atoms with Crippen molar-refractivity contribution in [3.05, 3.63) is 0 Å². The molecule has 3 heteroatoms. The highest BCUT2D eigenvalue weighted by atomic mass is 19.3. The van der Waals surface area contributed by atoms with E-state index >= 15 is 0 Å². The summed E-state index contributed by atoms with van der Waals surface area (Å²) in [6, 6.07) is 0. The van der Waals surface area contributed by atoms with Gasteiger partial charge in [-0.3, -0.25) is 0 Å². The number of halogens is 2. The van der Waals surface area contributed by atoms with Crippen LogP contribution in [0, 0.1) is 5.41 Å². The minimum absolute atomic E-state index is 0.0567. The molecule has 13 heavy (non-hydrogen) atoms. The Morgan fingerprint density at radius 3 is 2.23 bits per heavy atom. The number of aliphatic hydroxyl groups is 1. The first kappa shape index (κ1) is 10.9. The number of rotatable bonds is 3. The van der Waals surface area contributed by atoms with Gasteiger partial charge in [0.05, 0.1) is 0 Å². The monoisotopic (exact) mass is 192 g/mol. The summed E-state index contributed by atoms with van der Waals surface area (Å²) >= 11 is 0. The van der Waals surface area contributed by atoms with Gasteiger partial charge in [-0.15, -0.1) is 0 Å². The van der Waals surface area contributed by atoms with Gasteiger partial charge in [-0.2, -0.15) is 0 Å². The fourth-order valence-electron chi connectivity index (χ4n) is 2.08. The van der Waals surface area contributed by atoms with E-state index in [1.54, 1.807) is 0 Å². The van der Waals surface area contributed by atoms with Crippen LogP contribution >= 0.6 is 0 Å². The van der Waals surface area contributed by atoms with E-state index in [1.807, 2.05) is 6.92 Å². The lowest BCUT2D eigenvalue weighted by atomic mass is 9.82. The lowest BCUT2D eigenvalue weighted by molar-refractivity contribution is -0.108. The number of aliphatic hydroxyl groups excluding tert-OH is 1. The highest BCUT2D eigenvalue weighted by Gasteiger charge is 2.39. The third-order valence-electron chi connectivity index (χ3n) is 3.08. The number of alkyl halides is 2. The predicted molar refractivity (Wildman–Crippen MR) is 47.8 cm³/mol. The van der Waals surface area contributed by atoms with Crippen LogP contribution in [0.5, 0.6) is 0 Å². The molecule has 0 heterocycles. The van der Waals surface area contributed by atoms with Crippen molar-refractivity contribution >= 4 is 0 Å². The van der Waals surface area contributed by atoms with Gasteiger partial charge >= 0.3 is 0 Å². The van der Waals surface area contributed by atoms with Crippen LogP contribution < -0.4 is 0 Å². The largest absolute Gasteiger partial charge is 0.387 e. The molecule has 1 aliphatic carbocycles. The molecule has 0 radical (unpaired) electrons. The summed E-state index contributed by atoms with van der Waals surface area (Å²) in [6.45, 7) is 2.78. The zero-order valence-electron chi connectivity index (χ0n) is 8.32. The van der Waals surface area contributed by atoms with Gasteiger partial charge in [0.1, 0.15) is 6.10 Å². The highest BCUT2D eigenvalue weighted by Crippen LogP contribution is 2.43. The summed E-state index contributed by atoms with van der Waals surface area (Å²) in [4.78, 5) is 0. The summed E-state index contributed by atoms with van der Waals surface area (Å²) in [5, 5.41) is 9.26. The van der Waals surface area contributed by atoms with Crippen molar-refractivity contribution in [3.8, 4) is 0 Å². The van der Waals surface area contributed by atoms with Crippen molar-refractivity contribution in [1.82, 2.24) is 0 Å². The maximum Gasteiger partial charge on any atom is 0.270 e. The van der Waals surface area contributed by atoms with Crippen molar-refractivity contribution in [2.24, 2.45) is 5.41 Å². The van der Waals surface area contributed by atoms with Crippen LogP contribution in [0.25, 0.3) is 0 Å². The van der Waals surface area contributed by atoms with E-state index in [4.69, 9.17) is 0 Å². The van der Waals surface area contributed by atoms with Crippen molar-refractivity contribution in [1.29, 1.82) is 0 Å². The molecule has 0 aromatic carbocycles. The molecule has 1 N–H and O–H groups in total. The zero-order chi connectivity index (χ0) is 10.1. The Labute approximate surface area is 78.1 Å². The summed E-state index contributed by atoms with van der Waals surface area (Å²) in [5.41, 5.74) is -0.0567. The minimum atomic E-state index is -2.95. The molecule has 0 spiro atoms.